The Kier molecular flexibility index (Phi) is 3.79. The number of nitrogens with zero attached hydrogens (tertiary/aromatic N) is 1. The van der Waals surface area contributed by atoms with Crippen LogP contribution in [0.4, 0.5) is 17.6 Å². The number of halogens is 4. The van der Waals surface area contributed by atoms with Gasteiger partial charge in [-0.15, -0.1) is 0 Å². The number of ether oxygens (including phenoxy) is 1. The van der Waals surface area contributed by atoms with E-state index in [9.17, 15) is 22.4 Å². The molecular formula is C13H7F4NO3. The maximum Gasteiger partial charge on any atom is 0.416 e. The van der Waals surface area contributed by atoms with Crippen LogP contribution in [-0.4, -0.2) is 16.1 Å². The number of carboxylic acid groups (broad SMARTS) is 1. The Morgan fingerprint density at radius 1 is 1.24 bits per heavy atom. The van der Waals surface area contributed by atoms with Crippen molar-refractivity contribution in [1.82, 2.24) is 4.98 Å². The number of alkyl halides is 3. The van der Waals surface area contributed by atoms with Gasteiger partial charge in [-0.25, -0.2) is 14.2 Å². The first-order valence-corrected chi connectivity index (χ1v) is 5.51. The minimum absolute atomic E-state index is 0.258. The quantitative estimate of drug-likeness (QED) is 0.878. The fraction of sp³-hybridized carbons (Fsp3) is 0.0769. The van der Waals surface area contributed by atoms with E-state index in [1.54, 1.807) is 0 Å². The molecule has 110 valence electrons. The maximum atomic E-state index is 12.9. The van der Waals surface area contributed by atoms with Crippen molar-refractivity contribution in [2.45, 2.75) is 6.18 Å². The zero-order valence-corrected chi connectivity index (χ0v) is 10.2. The van der Waals surface area contributed by atoms with E-state index in [-0.39, 0.29) is 5.75 Å². The summed E-state index contributed by atoms with van der Waals surface area (Å²) < 4.78 is 55.6. The van der Waals surface area contributed by atoms with E-state index >= 15 is 0 Å². The first-order chi connectivity index (χ1) is 9.77. The zero-order chi connectivity index (χ0) is 15.6. The lowest BCUT2D eigenvalue weighted by molar-refractivity contribution is -0.137. The summed E-state index contributed by atoms with van der Waals surface area (Å²) in [6.45, 7) is 0. The number of hydrogen-bond acceptors (Lipinski definition) is 3. The molecule has 8 heteroatoms. The van der Waals surface area contributed by atoms with Crippen LogP contribution >= 0.6 is 0 Å². The van der Waals surface area contributed by atoms with Gasteiger partial charge >= 0.3 is 12.1 Å². The van der Waals surface area contributed by atoms with Crippen LogP contribution in [0.25, 0.3) is 0 Å². The Bertz CT molecular complexity index is 685. The molecule has 0 fully saturated rings. The second-order valence-corrected chi connectivity index (χ2v) is 3.94. The lowest BCUT2D eigenvalue weighted by Crippen LogP contribution is -2.06. The lowest BCUT2D eigenvalue weighted by Gasteiger charge is -2.10. The van der Waals surface area contributed by atoms with Gasteiger partial charge in [-0.05, 0) is 24.3 Å². The summed E-state index contributed by atoms with van der Waals surface area (Å²) in [5.41, 5.74) is -1.55. The molecule has 2 aromatic rings. The number of benzene rings is 1. The topological polar surface area (TPSA) is 59.4 Å². The van der Waals surface area contributed by atoms with E-state index in [1.807, 2.05) is 0 Å². The first kappa shape index (κ1) is 14.8. The molecule has 0 unspecified atom stereocenters. The Labute approximate surface area is 115 Å². The average molecular weight is 301 g/mol. The van der Waals surface area contributed by atoms with Crippen LogP contribution in [0, 0.1) is 5.82 Å². The number of rotatable bonds is 3. The molecule has 1 aromatic carbocycles. The van der Waals surface area contributed by atoms with Crippen molar-refractivity contribution in [3.05, 3.63) is 53.5 Å². The van der Waals surface area contributed by atoms with Crippen molar-refractivity contribution in [3.63, 3.8) is 0 Å². The monoisotopic (exact) mass is 301 g/mol. The van der Waals surface area contributed by atoms with E-state index in [2.05, 4.69) is 4.98 Å². The Hall–Kier alpha value is -2.64. The SMILES string of the molecule is O=C(O)c1cc(F)cnc1Oc1cccc(C(F)(F)F)c1. The molecule has 0 aliphatic heterocycles. The third-order valence-electron chi connectivity index (χ3n) is 2.42. The van der Waals surface area contributed by atoms with E-state index in [0.29, 0.717) is 18.3 Å². The highest BCUT2D eigenvalue weighted by molar-refractivity contribution is 5.90. The second kappa shape index (κ2) is 5.39. The molecule has 0 radical (unpaired) electrons. The van der Waals surface area contributed by atoms with Gasteiger partial charge in [0.15, 0.2) is 0 Å². The van der Waals surface area contributed by atoms with Gasteiger partial charge in [0.1, 0.15) is 17.1 Å². The Morgan fingerprint density at radius 2 is 1.95 bits per heavy atom. The molecule has 2 rings (SSSR count). The smallest absolute Gasteiger partial charge is 0.416 e. The lowest BCUT2D eigenvalue weighted by atomic mass is 10.2. The molecule has 0 saturated heterocycles. The maximum absolute atomic E-state index is 12.9. The summed E-state index contributed by atoms with van der Waals surface area (Å²) in [6, 6.07) is 4.49. The van der Waals surface area contributed by atoms with E-state index in [4.69, 9.17) is 9.84 Å². The summed E-state index contributed by atoms with van der Waals surface area (Å²) >= 11 is 0. The minimum atomic E-state index is -4.56. The number of aromatic carboxylic acids is 1. The predicted octanol–water partition coefficient (Wildman–Crippen LogP) is 3.73. The first-order valence-electron chi connectivity index (χ1n) is 5.51. The van der Waals surface area contributed by atoms with Gasteiger partial charge in [-0.1, -0.05) is 6.07 Å². The van der Waals surface area contributed by atoms with Crippen molar-refractivity contribution < 1.29 is 32.2 Å². The Balaban J connectivity index is 2.37. The third kappa shape index (κ3) is 3.47. The van der Waals surface area contributed by atoms with Crippen molar-refractivity contribution in [3.8, 4) is 11.6 Å². The summed E-state index contributed by atoms with van der Waals surface area (Å²) in [7, 11) is 0. The van der Waals surface area contributed by atoms with Gasteiger partial charge in [0.25, 0.3) is 0 Å². The van der Waals surface area contributed by atoms with Crippen LogP contribution < -0.4 is 4.74 Å². The number of carboxylic acids is 1. The fourth-order valence-corrected chi connectivity index (χ4v) is 1.51. The molecule has 21 heavy (non-hydrogen) atoms. The van der Waals surface area contributed by atoms with Gasteiger partial charge in [0.2, 0.25) is 5.88 Å². The highest BCUT2D eigenvalue weighted by atomic mass is 19.4. The van der Waals surface area contributed by atoms with Crippen LogP contribution in [-0.2, 0) is 6.18 Å². The molecule has 0 saturated carbocycles. The third-order valence-corrected chi connectivity index (χ3v) is 2.42. The fourth-order valence-electron chi connectivity index (χ4n) is 1.51. The van der Waals surface area contributed by atoms with Crippen LogP contribution in [0.3, 0.4) is 0 Å². The normalized spacial score (nSPS) is 11.2. The molecule has 4 nitrogen and oxygen atoms in total. The number of pyridine rings is 1. The minimum Gasteiger partial charge on any atom is -0.477 e. The van der Waals surface area contributed by atoms with Crippen molar-refractivity contribution >= 4 is 5.97 Å². The van der Waals surface area contributed by atoms with Crippen LogP contribution in [0.5, 0.6) is 11.6 Å². The number of aromatic nitrogens is 1. The van der Waals surface area contributed by atoms with Crippen molar-refractivity contribution in [2.24, 2.45) is 0 Å². The zero-order valence-electron chi connectivity index (χ0n) is 10.2. The number of hydrogen-bond donors (Lipinski definition) is 1. The summed E-state index contributed by atoms with van der Waals surface area (Å²) in [5, 5.41) is 8.89. The largest absolute Gasteiger partial charge is 0.477 e. The molecule has 0 amide bonds. The summed E-state index contributed by atoms with van der Waals surface area (Å²) in [4.78, 5) is 14.4. The Morgan fingerprint density at radius 3 is 2.57 bits per heavy atom. The molecule has 0 aliphatic rings. The molecule has 1 N–H and O–H groups in total. The molecule has 1 heterocycles. The van der Waals surface area contributed by atoms with E-state index in [0.717, 1.165) is 12.1 Å². The van der Waals surface area contributed by atoms with Crippen LogP contribution in [0.15, 0.2) is 36.5 Å². The van der Waals surface area contributed by atoms with Crippen molar-refractivity contribution in [1.29, 1.82) is 0 Å². The standard InChI is InChI=1S/C13H7F4NO3/c14-8-5-10(12(19)20)11(18-6-8)21-9-3-1-2-7(4-9)13(15,16)17/h1-6H,(H,19,20). The second-order valence-electron chi connectivity index (χ2n) is 3.94. The van der Waals surface area contributed by atoms with Gasteiger partial charge in [0.05, 0.1) is 11.8 Å². The molecular weight excluding hydrogens is 294 g/mol. The molecule has 0 aliphatic carbocycles. The molecule has 0 bridgehead atoms. The van der Waals surface area contributed by atoms with Gasteiger partial charge < -0.3 is 9.84 Å². The molecule has 1 aromatic heterocycles. The van der Waals surface area contributed by atoms with E-state index < -0.39 is 35.0 Å². The predicted molar refractivity (Wildman–Crippen MR) is 62.7 cm³/mol. The van der Waals surface area contributed by atoms with Gasteiger partial charge in [-0.3, -0.25) is 0 Å². The summed E-state index contributed by atoms with van der Waals surface area (Å²) in [5.74, 6) is -3.16. The summed E-state index contributed by atoms with van der Waals surface area (Å²) in [6.07, 6.45) is -3.86. The van der Waals surface area contributed by atoms with Crippen LogP contribution in [0.1, 0.15) is 15.9 Å². The van der Waals surface area contributed by atoms with Crippen molar-refractivity contribution in [2.75, 3.05) is 0 Å². The number of carbonyl (C=O) groups is 1. The molecule has 0 atom stereocenters. The van der Waals surface area contributed by atoms with Gasteiger partial charge in [0, 0.05) is 0 Å². The molecule has 0 spiro atoms. The highest BCUT2D eigenvalue weighted by Gasteiger charge is 2.30. The van der Waals surface area contributed by atoms with Gasteiger partial charge in [-0.2, -0.15) is 13.2 Å². The average Bonchev–Trinajstić information content (AvgIpc) is 2.40. The van der Waals surface area contributed by atoms with Crippen LogP contribution in [0.2, 0.25) is 0 Å². The van der Waals surface area contributed by atoms with E-state index in [1.165, 1.54) is 6.07 Å². The highest BCUT2D eigenvalue weighted by Crippen LogP contribution is 2.33.